The number of aliphatic hydroxyl groups excluding tert-OH is 1. The molecule has 2 aromatic rings. The summed E-state index contributed by atoms with van der Waals surface area (Å²) in [5.41, 5.74) is 3.29. The monoisotopic (exact) mass is 299 g/mol. The highest BCUT2D eigenvalue weighted by molar-refractivity contribution is 5.32. The van der Waals surface area contributed by atoms with Crippen LogP contribution in [-0.2, 0) is 6.54 Å². The summed E-state index contributed by atoms with van der Waals surface area (Å²) in [4.78, 5) is 0. The van der Waals surface area contributed by atoms with E-state index >= 15 is 0 Å². The summed E-state index contributed by atoms with van der Waals surface area (Å²) in [6.07, 6.45) is 6.74. The Balaban J connectivity index is 1.55. The maximum absolute atomic E-state index is 10.2. The number of nitrogens with one attached hydrogen (secondary N) is 1. The zero-order valence-corrected chi connectivity index (χ0v) is 13.2. The second-order valence-electron chi connectivity index (χ2n) is 6.26. The maximum atomic E-state index is 10.2. The lowest BCUT2D eigenvalue weighted by Crippen LogP contribution is -2.31. The number of benzene rings is 1. The minimum absolute atomic E-state index is 0.216. The van der Waals surface area contributed by atoms with E-state index in [-0.39, 0.29) is 6.10 Å². The molecular weight excluding hydrogens is 274 g/mol. The van der Waals surface area contributed by atoms with Gasteiger partial charge in [0.1, 0.15) is 0 Å². The molecule has 1 saturated carbocycles. The number of hydrogen-bond acceptors (Lipinski definition) is 3. The largest absolute Gasteiger partial charge is 0.392 e. The fraction of sp³-hybridized carbons (Fsp3) is 0.500. The normalized spacial score (nSPS) is 17.0. The summed E-state index contributed by atoms with van der Waals surface area (Å²) < 4.78 is 1.92. The molecule has 1 aliphatic carbocycles. The van der Waals surface area contributed by atoms with Crippen LogP contribution in [0.2, 0.25) is 0 Å². The van der Waals surface area contributed by atoms with Gasteiger partial charge in [0, 0.05) is 24.8 Å². The third-order valence-corrected chi connectivity index (χ3v) is 4.63. The van der Waals surface area contributed by atoms with Gasteiger partial charge in [0.2, 0.25) is 0 Å². The molecule has 22 heavy (non-hydrogen) atoms. The Morgan fingerprint density at radius 1 is 1.27 bits per heavy atom. The molecule has 0 spiro atoms. The smallest absolute Gasteiger partial charge is 0.0692 e. The zero-order valence-electron chi connectivity index (χ0n) is 13.2. The zero-order chi connectivity index (χ0) is 15.4. The van der Waals surface area contributed by atoms with Gasteiger partial charge in [0.25, 0.3) is 0 Å². The first-order chi connectivity index (χ1) is 10.7. The van der Waals surface area contributed by atoms with Crippen molar-refractivity contribution < 1.29 is 5.11 Å². The van der Waals surface area contributed by atoms with E-state index in [2.05, 4.69) is 16.6 Å². The fourth-order valence-electron chi connectivity index (χ4n) is 3.25. The first-order valence-electron chi connectivity index (χ1n) is 8.23. The van der Waals surface area contributed by atoms with Gasteiger partial charge in [0.15, 0.2) is 0 Å². The van der Waals surface area contributed by atoms with Gasteiger partial charge in [-0.25, -0.2) is 4.68 Å². The van der Waals surface area contributed by atoms with Gasteiger partial charge >= 0.3 is 0 Å². The summed E-state index contributed by atoms with van der Waals surface area (Å²) >= 11 is 0. The standard InChI is InChI=1S/C18H25N3O/c1-14-16(11-19-12-18(22)15-7-5-6-8-15)13-21(20-14)17-9-3-2-4-10-17/h2-4,9-10,13,15,18-19,22H,5-8,11-12H2,1H3. The Kier molecular flexibility index (Phi) is 4.90. The van der Waals surface area contributed by atoms with Gasteiger partial charge in [-0.15, -0.1) is 0 Å². The van der Waals surface area contributed by atoms with E-state index < -0.39 is 0 Å². The van der Waals surface area contributed by atoms with Gasteiger partial charge in [-0.3, -0.25) is 0 Å². The molecule has 1 heterocycles. The Bertz CT molecular complexity index is 588. The lowest BCUT2D eigenvalue weighted by molar-refractivity contribution is 0.109. The number of aryl methyl sites for hydroxylation is 1. The van der Waals surface area contributed by atoms with Crippen LogP contribution in [0.3, 0.4) is 0 Å². The minimum Gasteiger partial charge on any atom is -0.392 e. The van der Waals surface area contributed by atoms with E-state index in [0.29, 0.717) is 12.5 Å². The van der Waals surface area contributed by atoms with Crippen LogP contribution in [0.15, 0.2) is 36.5 Å². The van der Waals surface area contributed by atoms with Crippen LogP contribution in [-0.4, -0.2) is 27.5 Å². The van der Waals surface area contributed by atoms with E-state index in [0.717, 1.165) is 17.9 Å². The van der Waals surface area contributed by atoms with Crippen molar-refractivity contribution in [3.05, 3.63) is 47.8 Å². The minimum atomic E-state index is -0.216. The van der Waals surface area contributed by atoms with Gasteiger partial charge in [0.05, 0.1) is 17.5 Å². The third-order valence-electron chi connectivity index (χ3n) is 4.63. The Morgan fingerprint density at radius 2 is 2.00 bits per heavy atom. The maximum Gasteiger partial charge on any atom is 0.0692 e. The van der Waals surface area contributed by atoms with E-state index in [1.165, 1.54) is 31.2 Å². The van der Waals surface area contributed by atoms with E-state index in [4.69, 9.17) is 0 Å². The van der Waals surface area contributed by atoms with Crippen molar-refractivity contribution in [2.75, 3.05) is 6.54 Å². The lowest BCUT2D eigenvalue weighted by Gasteiger charge is -2.17. The summed E-state index contributed by atoms with van der Waals surface area (Å²) in [7, 11) is 0. The van der Waals surface area contributed by atoms with Crippen LogP contribution in [0.1, 0.15) is 36.9 Å². The molecule has 1 aromatic carbocycles. The van der Waals surface area contributed by atoms with Crippen molar-refractivity contribution in [2.24, 2.45) is 5.92 Å². The average Bonchev–Trinajstić information content (AvgIpc) is 3.18. The van der Waals surface area contributed by atoms with Crippen molar-refractivity contribution in [3.63, 3.8) is 0 Å². The van der Waals surface area contributed by atoms with E-state index in [1.807, 2.05) is 41.9 Å². The number of rotatable bonds is 6. The molecule has 1 atom stereocenters. The molecule has 4 nitrogen and oxygen atoms in total. The van der Waals surface area contributed by atoms with Crippen LogP contribution in [0, 0.1) is 12.8 Å². The number of aliphatic hydroxyl groups is 1. The van der Waals surface area contributed by atoms with Gasteiger partial charge < -0.3 is 10.4 Å². The van der Waals surface area contributed by atoms with Crippen LogP contribution in [0.4, 0.5) is 0 Å². The molecule has 1 aromatic heterocycles. The molecule has 1 aliphatic rings. The van der Waals surface area contributed by atoms with Crippen LogP contribution in [0.5, 0.6) is 0 Å². The second-order valence-corrected chi connectivity index (χ2v) is 6.26. The van der Waals surface area contributed by atoms with Crippen molar-refractivity contribution in [2.45, 2.75) is 45.3 Å². The molecule has 0 aliphatic heterocycles. The predicted octanol–water partition coefficient (Wildman–Crippen LogP) is 2.82. The molecule has 0 radical (unpaired) electrons. The number of aromatic nitrogens is 2. The van der Waals surface area contributed by atoms with E-state index in [1.54, 1.807) is 0 Å². The topological polar surface area (TPSA) is 50.1 Å². The highest BCUT2D eigenvalue weighted by Crippen LogP contribution is 2.27. The molecule has 2 N–H and O–H groups in total. The number of hydrogen-bond donors (Lipinski definition) is 2. The number of para-hydroxylation sites is 1. The van der Waals surface area contributed by atoms with Gasteiger partial charge in [-0.05, 0) is 37.8 Å². The second kappa shape index (κ2) is 7.07. The van der Waals surface area contributed by atoms with Crippen LogP contribution < -0.4 is 5.32 Å². The summed E-state index contributed by atoms with van der Waals surface area (Å²) in [5.74, 6) is 0.487. The predicted molar refractivity (Wildman–Crippen MR) is 88.0 cm³/mol. The van der Waals surface area contributed by atoms with Crippen molar-refractivity contribution in [1.29, 1.82) is 0 Å². The third kappa shape index (κ3) is 3.57. The van der Waals surface area contributed by atoms with Gasteiger partial charge in [-0.2, -0.15) is 5.10 Å². The first-order valence-corrected chi connectivity index (χ1v) is 8.23. The van der Waals surface area contributed by atoms with Gasteiger partial charge in [-0.1, -0.05) is 31.0 Å². The lowest BCUT2D eigenvalue weighted by atomic mass is 10.0. The van der Waals surface area contributed by atoms with Crippen molar-refractivity contribution >= 4 is 0 Å². The highest BCUT2D eigenvalue weighted by atomic mass is 16.3. The molecule has 0 saturated heterocycles. The molecule has 1 unspecified atom stereocenters. The Hall–Kier alpha value is -1.65. The molecule has 3 rings (SSSR count). The summed E-state index contributed by atoms with van der Waals surface area (Å²) in [6.45, 7) is 3.45. The van der Waals surface area contributed by atoms with Crippen molar-refractivity contribution in [3.8, 4) is 5.69 Å². The molecule has 4 heteroatoms. The molecule has 118 valence electrons. The summed E-state index contributed by atoms with van der Waals surface area (Å²) in [6, 6.07) is 10.1. The quantitative estimate of drug-likeness (QED) is 0.862. The molecular formula is C18H25N3O. The Labute approximate surface area is 132 Å². The summed E-state index contributed by atoms with van der Waals surface area (Å²) in [5, 5.41) is 18.1. The molecule has 1 fully saturated rings. The average molecular weight is 299 g/mol. The first kappa shape index (κ1) is 15.3. The Morgan fingerprint density at radius 3 is 2.73 bits per heavy atom. The molecule has 0 amide bonds. The number of nitrogens with zero attached hydrogens (tertiary/aromatic N) is 2. The van der Waals surface area contributed by atoms with Crippen molar-refractivity contribution in [1.82, 2.24) is 15.1 Å². The highest BCUT2D eigenvalue weighted by Gasteiger charge is 2.22. The van der Waals surface area contributed by atoms with Crippen LogP contribution in [0.25, 0.3) is 5.69 Å². The SMILES string of the molecule is Cc1nn(-c2ccccc2)cc1CNCC(O)C1CCCC1. The van der Waals surface area contributed by atoms with Crippen LogP contribution >= 0.6 is 0 Å². The van der Waals surface area contributed by atoms with E-state index in [9.17, 15) is 5.11 Å². The molecule has 0 bridgehead atoms. The fourth-order valence-corrected chi connectivity index (χ4v) is 3.25.